The van der Waals surface area contributed by atoms with Gasteiger partial charge in [-0.25, -0.2) is 4.39 Å². The number of para-hydroxylation sites is 1. The molecule has 0 radical (unpaired) electrons. The van der Waals surface area contributed by atoms with E-state index in [1.807, 2.05) is 6.07 Å². The number of piperidine rings is 1. The number of halogens is 1. The van der Waals surface area contributed by atoms with Crippen LogP contribution in [0.5, 0.6) is 5.75 Å². The molecule has 0 unspecified atom stereocenters. The number of hydrogen-bond donors (Lipinski definition) is 1. The molecule has 1 aliphatic rings. The number of rotatable bonds is 3. The highest BCUT2D eigenvalue weighted by Gasteiger charge is 2.23. The third-order valence-corrected chi connectivity index (χ3v) is 4.20. The molecule has 4 rings (SSSR count). The molecule has 7 nitrogen and oxygen atoms in total. The van der Waals surface area contributed by atoms with Gasteiger partial charge in [0.15, 0.2) is 17.2 Å². The average molecular weight is 328 g/mol. The summed E-state index contributed by atoms with van der Waals surface area (Å²) < 4.78 is 21.1. The average Bonchev–Trinajstić information content (AvgIpc) is 3.07. The fourth-order valence-corrected chi connectivity index (χ4v) is 2.92. The fraction of sp³-hybridized carbons (Fsp3) is 0.312. The van der Waals surface area contributed by atoms with Crippen LogP contribution >= 0.6 is 0 Å². The molecule has 0 spiro atoms. The van der Waals surface area contributed by atoms with Crippen LogP contribution < -0.4 is 15.4 Å². The number of aromatic nitrogens is 4. The van der Waals surface area contributed by atoms with E-state index in [1.165, 1.54) is 12.4 Å². The van der Waals surface area contributed by atoms with Crippen molar-refractivity contribution in [3.05, 3.63) is 42.5 Å². The van der Waals surface area contributed by atoms with Crippen molar-refractivity contribution in [3.8, 4) is 5.75 Å². The van der Waals surface area contributed by atoms with Crippen LogP contribution in [-0.2, 0) is 0 Å². The van der Waals surface area contributed by atoms with Crippen LogP contribution in [0.1, 0.15) is 12.8 Å². The van der Waals surface area contributed by atoms with Gasteiger partial charge in [-0.3, -0.25) is 4.40 Å². The Hall–Kier alpha value is -2.90. The summed E-state index contributed by atoms with van der Waals surface area (Å²) >= 11 is 0. The summed E-state index contributed by atoms with van der Waals surface area (Å²) in [6, 6.07) is 8.35. The first kappa shape index (κ1) is 14.7. The SMILES string of the molecule is Nc1nc(N2CCC(Oc3ccccc3F)CC2)cc2nncn12. The topological polar surface area (TPSA) is 81.6 Å². The number of hydrogen-bond acceptors (Lipinski definition) is 6. The van der Waals surface area contributed by atoms with Gasteiger partial charge in [-0.05, 0) is 12.1 Å². The van der Waals surface area contributed by atoms with E-state index in [0.717, 1.165) is 31.7 Å². The molecule has 1 fully saturated rings. The lowest BCUT2D eigenvalue weighted by atomic mass is 10.1. The minimum absolute atomic E-state index is 0.00711. The first-order chi connectivity index (χ1) is 11.7. The van der Waals surface area contributed by atoms with Crippen LogP contribution in [0.3, 0.4) is 0 Å². The fourth-order valence-electron chi connectivity index (χ4n) is 2.92. The molecule has 8 heteroatoms. The van der Waals surface area contributed by atoms with Gasteiger partial charge < -0.3 is 15.4 Å². The zero-order valence-electron chi connectivity index (χ0n) is 13.0. The lowest BCUT2D eigenvalue weighted by molar-refractivity contribution is 0.163. The van der Waals surface area contributed by atoms with Crippen molar-refractivity contribution in [2.75, 3.05) is 23.7 Å². The Kier molecular flexibility index (Phi) is 3.64. The van der Waals surface area contributed by atoms with E-state index >= 15 is 0 Å². The van der Waals surface area contributed by atoms with Crippen molar-refractivity contribution in [3.63, 3.8) is 0 Å². The second-order valence-electron chi connectivity index (χ2n) is 5.77. The summed E-state index contributed by atoms with van der Waals surface area (Å²) in [6.45, 7) is 1.52. The zero-order chi connectivity index (χ0) is 16.5. The predicted molar refractivity (Wildman–Crippen MR) is 87.5 cm³/mol. The number of nitrogens with two attached hydrogens (primary N) is 1. The first-order valence-corrected chi connectivity index (χ1v) is 7.83. The van der Waals surface area contributed by atoms with Gasteiger partial charge in [-0.1, -0.05) is 12.1 Å². The summed E-state index contributed by atoms with van der Waals surface area (Å²) in [5.41, 5.74) is 6.60. The van der Waals surface area contributed by atoms with Gasteiger partial charge in [0.25, 0.3) is 0 Å². The monoisotopic (exact) mass is 328 g/mol. The van der Waals surface area contributed by atoms with E-state index in [1.54, 1.807) is 22.6 Å². The van der Waals surface area contributed by atoms with Crippen LogP contribution in [0, 0.1) is 5.82 Å². The van der Waals surface area contributed by atoms with E-state index in [4.69, 9.17) is 10.5 Å². The molecule has 3 heterocycles. The quantitative estimate of drug-likeness (QED) is 0.791. The molecular weight excluding hydrogens is 311 g/mol. The van der Waals surface area contributed by atoms with Crippen LogP contribution in [0.15, 0.2) is 36.7 Å². The van der Waals surface area contributed by atoms with E-state index in [9.17, 15) is 4.39 Å². The second kappa shape index (κ2) is 5.95. The molecule has 0 aliphatic carbocycles. The Morgan fingerprint density at radius 3 is 2.79 bits per heavy atom. The largest absolute Gasteiger partial charge is 0.487 e. The predicted octanol–water partition coefficient (Wildman–Crippen LogP) is 1.89. The molecule has 3 aromatic rings. The summed E-state index contributed by atoms with van der Waals surface area (Å²) in [7, 11) is 0. The minimum atomic E-state index is -0.327. The molecule has 1 aromatic carbocycles. The Bertz CT molecular complexity index is 859. The Morgan fingerprint density at radius 1 is 1.21 bits per heavy atom. The van der Waals surface area contributed by atoms with E-state index in [-0.39, 0.29) is 11.9 Å². The lowest BCUT2D eigenvalue weighted by Crippen LogP contribution is -2.39. The maximum atomic E-state index is 13.7. The minimum Gasteiger partial charge on any atom is -0.487 e. The highest BCUT2D eigenvalue weighted by atomic mass is 19.1. The van der Waals surface area contributed by atoms with Gasteiger partial charge in [-0.15, -0.1) is 10.2 Å². The third-order valence-electron chi connectivity index (χ3n) is 4.20. The summed E-state index contributed by atoms with van der Waals surface area (Å²) in [5.74, 6) is 1.12. The van der Waals surface area contributed by atoms with Gasteiger partial charge in [0.05, 0.1) is 0 Å². The normalized spacial score (nSPS) is 15.8. The molecule has 1 aliphatic heterocycles. The lowest BCUT2D eigenvalue weighted by Gasteiger charge is -2.33. The van der Waals surface area contributed by atoms with Gasteiger partial charge in [0, 0.05) is 32.0 Å². The molecule has 0 saturated carbocycles. The van der Waals surface area contributed by atoms with Crippen molar-refractivity contribution in [1.82, 2.24) is 19.6 Å². The highest BCUT2D eigenvalue weighted by Crippen LogP contribution is 2.24. The van der Waals surface area contributed by atoms with Crippen molar-refractivity contribution in [2.45, 2.75) is 18.9 Å². The van der Waals surface area contributed by atoms with Crippen molar-refractivity contribution in [1.29, 1.82) is 0 Å². The molecule has 1 saturated heterocycles. The van der Waals surface area contributed by atoms with Gasteiger partial charge >= 0.3 is 0 Å². The molecule has 124 valence electrons. The standard InChI is InChI=1S/C16H17FN6O/c17-12-3-1-2-4-13(12)24-11-5-7-22(8-6-11)14-9-15-21-19-10-23(15)16(18)20-14/h1-4,9-11H,5-8H2,(H2,18,20). The zero-order valence-corrected chi connectivity index (χ0v) is 13.0. The van der Waals surface area contributed by atoms with Crippen molar-refractivity contribution >= 4 is 17.4 Å². The maximum Gasteiger partial charge on any atom is 0.209 e. The number of benzene rings is 1. The number of nitrogens with zero attached hydrogens (tertiary/aromatic N) is 5. The van der Waals surface area contributed by atoms with Crippen LogP contribution in [-0.4, -0.2) is 38.8 Å². The first-order valence-electron chi connectivity index (χ1n) is 7.83. The summed E-state index contributed by atoms with van der Waals surface area (Å²) in [4.78, 5) is 6.54. The molecule has 0 amide bonds. The number of ether oxygens (including phenoxy) is 1. The Morgan fingerprint density at radius 2 is 2.00 bits per heavy atom. The number of fused-ring (bicyclic) bond motifs is 1. The number of nitrogen functional groups attached to an aromatic ring is 1. The Labute approximate surface area is 137 Å². The molecule has 2 N–H and O–H groups in total. The van der Waals surface area contributed by atoms with E-state index < -0.39 is 0 Å². The third kappa shape index (κ3) is 2.70. The molecule has 0 atom stereocenters. The molecule has 0 bridgehead atoms. The molecular formula is C16H17FN6O. The van der Waals surface area contributed by atoms with Crippen LogP contribution in [0.2, 0.25) is 0 Å². The van der Waals surface area contributed by atoms with Crippen molar-refractivity contribution in [2.24, 2.45) is 0 Å². The Balaban J connectivity index is 1.44. The smallest absolute Gasteiger partial charge is 0.209 e. The highest BCUT2D eigenvalue weighted by molar-refractivity contribution is 5.55. The molecule has 24 heavy (non-hydrogen) atoms. The van der Waals surface area contributed by atoms with E-state index in [0.29, 0.717) is 17.3 Å². The van der Waals surface area contributed by atoms with Gasteiger partial charge in [0.1, 0.15) is 18.2 Å². The maximum absolute atomic E-state index is 13.7. The number of anilines is 2. The summed E-state index contributed by atoms with van der Waals surface area (Å²) in [6.07, 6.45) is 3.10. The van der Waals surface area contributed by atoms with Crippen molar-refractivity contribution < 1.29 is 9.13 Å². The van der Waals surface area contributed by atoms with Crippen LogP contribution in [0.25, 0.3) is 5.65 Å². The summed E-state index contributed by atoms with van der Waals surface area (Å²) in [5, 5.41) is 7.85. The second-order valence-corrected chi connectivity index (χ2v) is 5.77. The van der Waals surface area contributed by atoms with Gasteiger partial charge in [-0.2, -0.15) is 4.98 Å². The van der Waals surface area contributed by atoms with E-state index in [2.05, 4.69) is 20.1 Å². The van der Waals surface area contributed by atoms with Crippen LogP contribution in [0.4, 0.5) is 16.2 Å². The molecule has 2 aromatic heterocycles. The van der Waals surface area contributed by atoms with Gasteiger partial charge in [0.2, 0.25) is 5.95 Å².